The second-order valence-corrected chi connectivity index (χ2v) is 6.62. The van der Waals surface area contributed by atoms with E-state index >= 15 is 0 Å². The summed E-state index contributed by atoms with van der Waals surface area (Å²) in [4.78, 5) is 12.4. The Balaban J connectivity index is 1.42. The highest BCUT2D eigenvalue weighted by Gasteiger charge is 2.52. The number of carbonyl (C=O) groups is 1. The van der Waals surface area contributed by atoms with Gasteiger partial charge in [-0.3, -0.25) is 0 Å². The molecule has 2 heterocycles. The maximum absolute atomic E-state index is 12.4. The van der Waals surface area contributed by atoms with E-state index < -0.39 is 36.7 Å². The predicted molar refractivity (Wildman–Crippen MR) is 100 cm³/mol. The Bertz CT molecular complexity index is 800. The van der Waals surface area contributed by atoms with E-state index in [1.807, 2.05) is 18.2 Å². The van der Waals surface area contributed by atoms with Crippen molar-refractivity contribution in [2.24, 2.45) is 0 Å². The molecule has 0 spiro atoms. The SMILES string of the molecule is COc1ccc(NC(=O)NC2C3COC(O3)C(Oc3ccccc3)C2O)cc1. The van der Waals surface area contributed by atoms with Gasteiger partial charge in [0.2, 0.25) is 0 Å². The molecule has 0 aromatic heterocycles. The maximum Gasteiger partial charge on any atom is 0.319 e. The third-order valence-corrected chi connectivity index (χ3v) is 4.77. The van der Waals surface area contributed by atoms with Gasteiger partial charge in [-0.05, 0) is 36.4 Å². The smallest absolute Gasteiger partial charge is 0.319 e. The zero-order valence-electron chi connectivity index (χ0n) is 15.3. The molecule has 3 N–H and O–H groups in total. The number of aliphatic hydroxyl groups excluding tert-OH is 1. The molecule has 148 valence electrons. The fourth-order valence-corrected chi connectivity index (χ4v) is 3.34. The van der Waals surface area contributed by atoms with Gasteiger partial charge in [0.25, 0.3) is 0 Å². The molecular weight excluding hydrogens is 364 g/mol. The molecule has 0 saturated carbocycles. The van der Waals surface area contributed by atoms with Crippen LogP contribution in [-0.2, 0) is 9.47 Å². The molecule has 5 unspecified atom stereocenters. The summed E-state index contributed by atoms with van der Waals surface area (Å²) in [5.41, 5.74) is 0.599. The zero-order chi connectivity index (χ0) is 19.5. The molecule has 2 amide bonds. The lowest BCUT2D eigenvalue weighted by molar-refractivity contribution is -0.192. The van der Waals surface area contributed by atoms with Crippen molar-refractivity contribution in [1.82, 2.24) is 5.32 Å². The van der Waals surface area contributed by atoms with Crippen molar-refractivity contribution in [2.75, 3.05) is 19.0 Å². The molecule has 2 fully saturated rings. The highest BCUT2D eigenvalue weighted by atomic mass is 16.7. The number of hydrogen-bond donors (Lipinski definition) is 3. The van der Waals surface area contributed by atoms with Crippen molar-refractivity contribution in [3.8, 4) is 11.5 Å². The standard InChI is InChI=1S/C20H22N2O6/c1-25-13-9-7-12(8-10-13)21-20(24)22-16-15-11-26-19(28-15)18(17(16)23)27-14-5-3-2-4-6-14/h2-10,15-19,23H,11H2,1H3,(H2,21,22,24). The van der Waals surface area contributed by atoms with Gasteiger partial charge in [0.05, 0.1) is 19.8 Å². The highest BCUT2D eigenvalue weighted by molar-refractivity contribution is 5.89. The number of rotatable bonds is 5. The largest absolute Gasteiger partial charge is 0.497 e. The molecule has 2 aliphatic heterocycles. The minimum Gasteiger partial charge on any atom is -0.497 e. The van der Waals surface area contributed by atoms with Crippen LogP contribution in [0.1, 0.15) is 0 Å². The summed E-state index contributed by atoms with van der Waals surface area (Å²) in [6.45, 7) is 0.268. The van der Waals surface area contributed by atoms with Crippen molar-refractivity contribution in [3.63, 3.8) is 0 Å². The van der Waals surface area contributed by atoms with Crippen LogP contribution in [0.5, 0.6) is 11.5 Å². The molecule has 8 nitrogen and oxygen atoms in total. The van der Waals surface area contributed by atoms with Crippen LogP contribution in [0.3, 0.4) is 0 Å². The van der Waals surface area contributed by atoms with Crippen LogP contribution in [0.2, 0.25) is 0 Å². The number of carbonyl (C=O) groups excluding carboxylic acids is 1. The Hall–Kier alpha value is -2.81. The Morgan fingerprint density at radius 1 is 1.11 bits per heavy atom. The molecule has 8 heteroatoms. The fraction of sp³-hybridized carbons (Fsp3) is 0.350. The lowest BCUT2D eigenvalue weighted by Gasteiger charge is -2.38. The first-order chi connectivity index (χ1) is 13.6. The van der Waals surface area contributed by atoms with Gasteiger partial charge in [-0.2, -0.15) is 0 Å². The number of para-hydroxylation sites is 1. The monoisotopic (exact) mass is 386 g/mol. The van der Waals surface area contributed by atoms with Crippen LogP contribution in [0, 0.1) is 0 Å². The molecule has 2 aromatic carbocycles. The van der Waals surface area contributed by atoms with E-state index in [4.69, 9.17) is 18.9 Å². The number of ether oxygens (including phenoxy) is 4. The van der Waals surface area contributed by atoms with E-state index in [0.717, 1.165) is 0 Å². The topological polar surface area (TPSA) is 98.3 Å². The number of hydrogen-bond acceptors (Lipinski definition) is 6. The third kappa shape index (κ3) is 3.89. The quantitative estimate of drug-likeness (QED) is 0.724. The second kappa shape index (κ2) is 8.05. The van der Waals surface area contributed by atoms with Gasteiger partial charge in [0.1, 0.15) is 23.7 Å². The van der Waals surface area contributed by atoms with Crippen LogP contribution >= 0.6 is 0 Å². The Labute approximate surface area is 162 Å². The normalized spacial score (nSPS) is 28.4. The maximum atomic E-state index is 12.4. The van der Waals surface area contributed by atoms with Crippen LogP contribution in [0.25, 0.3) is 0 Å². The van der Waals surface area contributed by atoms with Crippen molar-refractivity contribution < 1.29 is 28.8 Å². The van der Waals surface area contributed by atoms with Gasteiger partial charge in [0.15, 0.2) is 12.4 Å². The number of amides is 2. The molecule has 0 aliphatic carbocycles. The molecule has 5 atom stereocenters. The molecule has 28 heavy (non-hydrogen) atoms. The average Bonchev–Trinajstić information content (AvgIpc) is 3.16. The van der Waals surface area contributed by atoms with E-state index in [-0.39, 0.29) is 6.61 Å². The van der Waals surface area contributed by atoms with E-state index in [1.54, 1.807) is 43.5 Å². The molecule has 0 radical (unpaired) electrons. The summed E-state index contributed by atoms with van der Waals surface area (Å²) < 4.78 is 22.3. The molecule has 4 rings (SSSR count). The van der Waals surface area contributed by atoms with Crippen LogP contribution in [0.4, 0.5) is 10.5 Å². The lowest BCUT2D eigenvalue weighted by Crippen LogP contribution is -2.62. The van der Waals surface area contributed by atoms with Crippen molar-refractivity contribution in [3.05, 3.63) is 54.6 Å². The van der Waals surface area contributed by atoms with Crippen LogP contribution < -0.4 is 20.1 Å². The van der Waals surface area contributed by atoms with Crippen LogP contribution in [-0.4, -0.2) is 55.5 Å². The fourth-order valence-electron chi connectivity index (χ4n) is 3.34. The van der Waals surface area contributed by atoms with Gasteiger partial charge >= 0.3 is 6.03 Å². The summed E-state index contributed by atoms with van der Waals surface area (Å²) in [5, 5.41) is 16.3. The summed E-state index contributed by atoms with van der Waals surface area (Å²) in [6.07, 6.45) is -2.87. The lowest BCUT2D eigenvalue weighted by atomic mass is 9.98. The van der Waals surface area contributed by atoms with Crippen molar-refractivity contribution in [1.29, 1.82) is 0 Å². The molecule has 2 bridgehead atoms. The van der Waals surface area contributed by atoms with Crippen LogP contribution in [0.15, 0.2) is 54.6 Å². The number of anilines is 1. The first kappa shape index (κ1) is 18.5. The average molecular weight is 386 g/mol. The molecule has 2 saturated heterocycles. The summed E-state index contributed by atoms with van der Waals surface area (Å²) in [7, 11) is 1.57. The van der Waals surface area contributed by atoms with Gasteiger partial charge in [0, 0.05) is 5.69 Å². The number of benzene rings is 2. The minimum atomic E-state index is -0.993. The number of nitrogens with one attached hydrogen (secondary N) is 2. The third-order valence-electron chi connectivity index (χ3n) is 4.77. The van der Waals surface area contributed by atoms with Gasteiger partial charge < -0.3 is 34.7 Å². The Morgan fingerprint density at radius 2 is 1.86 bits per heavy atom. The number of methoxy groups -OCH3 is 1. The summed E-state index contributed by atoms with van der Waals surface area (Å²) in [6, 6.07) is 14.9. The van der Waals surface area contributed by atoms with E-state index in [0.29, 0.717) is 17.2 Å². The molecular formula is C20H22N2O6. The summed E-state index contributed by atoms with van der Waals surface area (Å²) >= 11 is 0. The predicted octanol–water partition coefficient (Wildman–Crippen LogP) is 1.75. The van der Waals surface area contributed by atoms with Crippen molar-refractivity contribution >= 4 is 11.7 Å². The minimum absolute atomic E-state index is 0.268. The first-order valence-electron chi connectivity index (χ1n) is 9.02. The molecule has 2 aliphatic rings. The van der Waals surface area contributed by atoms with E-state index in [1.165, 1.54) is 0 Å². The van der Waals surface area contributed by atoms with Gasteiger partial charge in [-0.25, -0.2) is 4.79 Å². The Morgan fingerprint density at radius 3 is 2.57 bits per heavy atom. The Kier molecular flexibility index (Phi) is 5.34. The molecule has 2 aromatic rings. The second-order valence-electron chi connectivity index (χ2n) is 6.62. The van der Waals surface area contributed by atoms with Crippen molar-refractivity contribution in [2.45, 2.75) is 30.6 Å². The number of aliphatic hydroxyl groups is 1. The number of urea groups is 1. The van der Waals surface area contributed by atoms with Gasteiger partial charge in [-0.15, -0.1) is 0 Å². The number of fused-ring (bicyclic) bond motifs is 2. The van der Waals surface area contributed by atoms with E-state index in [2.05, 4.69) is 10.6 Å². The first-order valence-corrected chi connectivity index (χ1v) is 9.02. The summed E-state index contributed by atoms with van der Waals surface area (Å²) in [5.74, 6) is 1.28. The highest BCUT2D eigenvalue weighted by Crippen LogP contribution is 2.31. The zero-order valence-corrected chi connectivity index (χ0v) is 15.3. The van der Waals surface area contributed by atoms with Gasteiger partial charge in [-0.1, -0.05) is 18.2 Å². The van der Waals surface area contributed by atoms with E-state index in [9.17, 15) is 9.90 Å².